The highest BCUT2D eigenvalue weighted by Gasteiger charge is 2.19. The molecular weight excluding hydrogens is 200 g/mol. The molecule has 0 aromatic heterocycles. The third-order valence-electron chi connectivity index (χ3n) is 2.90. The van der Waals surface area contributed by atoms with Crippen molar-refractivity contribution in [2.45, 2.75) is 19.4 Å². The van der Waals surface area contributed by atoms with Crippen molar-refractivity contribution in [3.8, 4) is 0 Å². The molecule has 0 saturated carbocycles. The van der Waals surface area contributed by atoms with E-state index in [1.807, 2.05) is 35.2 Å². The first-order valence-corrected chi connectivity index (χ1v) is 5.85. The molecule has 1 saturated heterocycles. The minimum atomic E-state index is 0.149. The molecule has 0 radical (unpaired) electrons. The van der Waals surface area contributed by atoms with Crippen LogP contribution < -0.4 is 5.32 Å². The van der Waals surface area contributed by atoms with E-state index in [1.165, 1.54) is 0 Å². The minimum Gasteiger partial charge on any atom is -0.337 e. The maximum Gasteiger partial charge on any atom is 0.253 e. The van der Waals surface area contributed by atoms with Gasteiger partial charge in [0.1, 0.15) is 0 Å². The molecule has 1 aromatic carbocycles. The predicted octanol–water partition coefficient (Wildman–Crippen LogP) is 1.51. The summed E-state index contributed by atoms with van der Waals surface area (Å²) in [5, 5.41) is 3.39. The van der Waals surface area contributed by atoms with Gasteiger partial charge in [0.25, 0.3) is 5.91 Å². The Bertz CT molecular complexity index is 350. The van der Waals surface area contributed by atoms with Crippen LogP contribution >= 0.6 is 0 Å². The third-order valence-corrected chi connectivity index (χ3v) is 2.90. The number of benzene rings is 1. The van der Waals surface area contributed by atoms with Crippen LogP contribution in [-0.4, -0.2) is 36.5 Å². The molecule has 86 valence electrons. The van der Waals surface area contributed by atoms with Crippen molar-refractivity contribution in [1.82, 2.24) is 10.2 Å². The summed E-state index contributed by atoms with van der Waals surface area (Å²) in [5.41, 5.74) is 0.789. The van der Waals surface area contributed by atoms with Crippen molar-refractivity contribution in [1.29, 1.82) is 0 Å². The number of hydrogen-bond acceptors (Lipinski definition) is 2. The summed E-state index contributed by atoms with van der Waals surface area (Å²) in [5.74, 6) is 0.149. The van der Waals surface area contributed by atoms with Gasteiger partial charge in [-0.25, -0.2) is 0 Å². The zero-order chi connectivity index (χ0) is 11.4. The van der Waals surface area contributed by atoms with Crippen LogP contribution in [0, 0.1) is 0 Å². The summed E-state index contributed by atoms with van der Waals surface area (Å²) in [6.07, 6.45) is 1.03. The molecule has 1 aliphatic heterocycles. The maximum absolute atomic E-state index is 12.2. The van der Waals surface area contributed by atoms with E-state index < -0.39 is 0 Å². The number of amides is 1. The van der Waals surface area contributed by atoms with Crippen LogP contribution in [0.25, 0.3) is 0 Å². The van der Waals surface area contributed by atoms with E-state index >= 15 is 0 Å². The fraction of sp³-hybridized carbons (Fsp3) is 0.462. The molecule has 0 aliphatic carbocycles. The first-order chi connectivity index (χ1) is 7.77. The zero-order valence-electron chi connectivity index (χ0n) is 9.65. The molecule has 1 amide bonds. The Morgan fingerprint density at radius 2 is 2.12 bits per heavy atom. The molecule has 1 unspecified atom stereocenters. The lowest BCUT2D eigenvalue weighted by atomic mass is 10.2. The van der Waals surface area contributed by atoms with E-state index in [2.05, 4.69) is 12.2 Å². The van der Waals surface area contributed by atoms with E-state index in [0.29, 0.717) is 6.04 Å². The van der Waals surface area contributed by atoms with Gasteiger partial charge in [0.15, 0.2) is 0 Å². The van der Waals surface area contributed by atoms with Crippen LogP contribution in [0.2, 0.25) is 0 Å². The SMILES string of the molecule is CC1CN(C(=O)c2ccccc2)CCCN1. The Morgan fingerprint density at radius 1 is 1.38 bits per heavy atom. The molecule has 1 N–H and O–H groups in total. The Kier molecular flexibility index (Phi) is 3.57. The number of rotatable bonds is 1. The zero-order valence-corrected chi connectivity index (χ0v) is 9.65. The van der Waals surface area contributed by atoms with Gasteiger partial charge in [0, 0.05) is 24.7 Å². The number of carbonyl (C=O) groups excluding carboxylic acids is 1. The summed E-state index contributed by atoms with van der Waals surface area (Å²) in [4.78, 5) is 14.1. The third kappa shape index (κ3) is 2.61. The standard InChI is InChI=1S/C13H18N2O/c1-11-10-15(9-5-8-14-11)13(16)12-6-3-2-4-7-12/h2-4,6-7,11,14H,5,8-10H2,1H3. The monoisotopic (exact) mass is 218 g/mol. The topological polar surface area (TPSA) is 32.3 Å². The van der Waals surface area contributed by atoms with Crippen LogP contribution in [0.4, 0.5) is 0 Å². The van der Waals surface area contributed by atoms with Crippen LogP contribution in [0.3, 0.4) is 0 Å². The highest BCUT2D eigenvalue weighted by molar-refractivity contribution is 5.94. The van der Waals surface area contributed by atoms with Gasteiger partial charge >= 0.3 is 0 Å². The molecule has 1 aromatic rings. The Balaban J connectivity index is 2.09. The van der Waals surface area contributed by atoms with E-state index in [4.69, 9.17) is 0 Å². The molecule has 1 heterocycles. The quantitative estimate of drug-likeness (QED) is 0.775. The lowest BCUT2D eigenvalue weighted by molar-refractivity contribution is 0.0755. The van der Waals surface area contributed by atoms with Crippen molar-refractivity contribution in [2.75, 3.05) is 19.6 Å². The fourth-order valence-electron chi connectivity index (χ4n) is 2.05. The van der Waals surface area contributed by atoms with E-state index in [9.17, 15) is 4.79 Å². The van der Waals surface area contributed by atoms with Crippen LogP contribution in [-0.2, 0) is 0 Å². The number of nitrogens with one attached hydrogen (secondary N) is 1. The van der Waals surface area contributed by atoms with E-state index in [0.717, 1.165) is 31.6 Å². The van der Waals surface area contributed by atoms with Crippen molar-refractivity contribution in [3.63, 3.8) is 0 Å². The summed E-state index contributed by atoms with van der Waals surface area (Å²) >= 11 is 0. The predicted molar refractivity (Wildman–Crippen MR) is 64.4 cm³/mol. The van der Waals surface area contributed by atoms with Gasteiger partial charge in [-0.05, 0) is 32.0 Å². The first-order valence-electron chi connectivity index (χ1n) is 5.85. The number of hydrogen-bond donors (Lipinski definition) is 1. The second-order valence-electron chi connectivity index (χ2n) is 4.33. The first kappa shape index (κ1) is 11.1. The number of nitrogens with zero attached hydrogens (tertiary/aromatic N) is 1. The molecule has 0 spiro atoms. The van der Waals surface area contributed by atoms with Gasteiger partial charge in [-0.3, -0.25) is 4.79 Å². The second-order valence-corrected chi connectivity index (χ2v) is 4.33. The van der Waals surface area contributed by atoms with Crippen molar-refractivity contribution in [2.24, 2.45) is 0 Å². The van der Waals surface area contributed by atoms with Gasteiger partial charge in [-0.15, -0.1) is 0 Å². The molecule has 16 heavy (non-hydrogen) atoms. The van der Waals surface area contributed by atoms with Crippen LogP contribution in [0.1, 0.15) is 23.7 Å². The number of carbonyl (C=O) groups is 1. The summed E-state index contributed by atoms with van der Waals surface area (Å²) in [7, 11) is 0. The molecular formula is C13H18N2O. The van der Waals surface area contributed by atoms with Crippen molar-refractivity contribution < 1.29 is 4.79 Å². The molecule has 2 rings (SSSR count). The van der Waals surface area contributed by atoms with E-state index in [-0.39, 0.29) is 5.91 Å². The Hall–Kier alpha value is -1.35. The maximum atomic E-state index is 12.2. The highest BCUT2D eigenvalue weighted by Crippen LogP contribution is 2.08. The smallest absolute Gasteiger partial charge is 0.253 e. The summed E-state index contributed by atoms with van der Waals surface area (Å²) in [6.45, 7) is 4.77. The molecule has 3 heteroatoms. The van der Waals surface area contributed by atoms with Gasteiger partial charge in [-0.2, -0.15) is 0 Å². The molecule has 3 nitrogen and oxygen atoms in total. The van der Waals surface area contributed by atoms with Crippen LogP contribution in [0.5, 0.6) is 0 Å². The van der Waals surface area contributed by atoms with Crippen molar-refractivity contribution >= 4 is 5.91 Å². The molecule has 1 atom stereocenters. The van der Waals surface area contributed by atoms with E-state index in [1.54, 1.807) is 0 Å². The Morgan fingerprint density at radius 3 is 2.88 bits per heavy atom. The highest BCUT2D eigenvalue weighted by atomic mass is 16.2. The largest absolute Gasteiger partial charge is 0.337 e. The fourth-order valence-corrected chi connectivity index (χ4v) is 2.05. The van der Waals surface area contributed by atoms with Gasteiger partial charge in [-0.1, -0.05) is 18.2 Å². The lowest BCUT2D eigenvalue weighted by Gasteiger charge is -2.22. The van der Waals surface area contributed by atoms with Gasteiger partial charge < -0.3 is 10.2 Å². The summed E-state index contributed by atoms with van der Waals surface area (Å²) < 4.78 is 0. The average Bonchev–Trinajstić information content (AvgIpc) is 2.54. The molecule has 0 bridgehead atoms. The Labute approximate surface area is 96.5 Å². The van der Waals surface area contributed by atoms with Gasteiger partial charge in [0.05, 0.1) is 0 Å². The second kappa shape index (κ2) is 5.12. The normalized spacial score (nSPS) is 21.6. The molecule has 1 aliphatic rings. The lowest BCUT2D eigenvalue weighted by Crippen LogP contribution is -2.38. The van der Waals surface area contributed by atoms with Crippen LogP contribution in [0.15, 0.2) is 30.3 Å². The van der Waals surface area contributed by atoms with Gasteiger partial charge in [0.2, 0.25) is 0 Å². The molecule has 1 fully saturated rings. The average molecular weight is 218 g/mol. The van der Waals surface area contributed by atoms with Crippen molar-refractivity contribution in [3.05, 3.63) is 35.9 Å². The minimum absolute atomic E-state index is 0.149. The summed E-state index contributed by atoms with van der Waals surface area (Å²) in [6, 6.07) is 9.90.